The number of carbonyl (C=O) groups excluding carboxylic acids is 2. The number of carbonyl (C=O) groups is 2. The molecule has 2 heterocycles. The molecule has 0 bridgehead atoms. The second kappa shape index (κ2) is 16.0. The van der Waals surface area contributed by atoms with Crippen molar-refractivity contribution in [3.05, 3.63) is 76.8 Å². The molecular formula is C34H44ClN7O4. The van der Waals surface area contributed by atoms with E-state index < -0.39 is 11.9 Å². The van der Waals surface area contributed by atoms with Crippen molar-refractivity contribution in [3.8, 4) is 17.0 Å². The smallest absolute Gasteiger partial charge is 0.323 e. The number of aromatic amines is 2. The lowest BCUT2D eigenvalue weighted by molar-refractivity contribution is -0.130. The molecule has 11 nitrogen and oxygen atoms in total. The predicted octanol–water partition coefficient (Wildman–Crippen LogP) is 3.87. The number of nitrogens with one attached hydrogen (secondary N) is 2. The molecule has 4 aromatic rings. The summed E-state index contributed by atoms with van der Waals surface area (Å²) in [5, 5.41) is 0. The van der Waals surface area contributed by atoms with Crippen LogP contribution in [0.3, 0.4) is 0 Å². The molecule has 12 heteroatoms. The van der Waals surface area contributed by atoms with E-state index in [1.807, 2.05) is 50.5 Å². The standard InChI is InChI=1S/C34H43N7O4.ClH/c1-40(2)15-4-16-45-31-14-11-26(21-37-31)25-6-3-5-23(17-25)18-28(36)33(43)41(32(42)24-9-7-22(20-35)8-10-24)27-12-13-29-30(19-27)39-34(44)38-29;/h3,5-6,11-14,17,19,21-22,24,28H,4,7-10,15-16,18,20,35-36H2,1-2H3,(H2,38,39,44);1H/t22?,24?,28-;/m0./s1. The van der Waals surface area contributed by atoms with E-state index in [4.69, 9.17) is 16.2 Å². The Labute approximate surface area is 275 Å². The minimum absolute atomic E-state index is 0. The Bertz CT molecular complexity index is 1660. The van der Waals surface area contributed by atoms with E-state index in [1.165, 1.54) is 4.90 Å². The quantitative estimate of drug-likeness (QED) is 0.168. The summed E-state index contributed by atoms with van der Waals surface area (Å²) in [4.78, 5) is 53.0. The number of rotatable bonds is 12. The number of amides is 2. The van der Waals surface area contributed by atoms with Gasteiger partial charge in [-0.3, -0.25) is 9.59 Å². The second-order valence-electron chi connectivity index (χ2n) is 12.2. The molecule has 2 aromatic carbocycles. The molecule has 5 rings (SSSR count). The van der Waals surface area contributed by atoms with Crippen LogP contribution in [-0.4, -0.2) is 71.5 Å². The zero-order valence-electron chi connectivity index (χ0n) is 26.4. The van der Waals surface area contributed by atoms with Gasteiger partial charge in [-0.25, -0.2) is 14.7 Å². The number of pyridine rings is 1. The number of nitrogens with zero attached hydrogens (tertiary/aromatic N) is 3. The van der Waals surface area contributed by atoms with Gasteiger partial charge in [0.2, 0.25) is 11.8 Å². The van der Waals surface area contributed by atoms with Gasteiger partial charge in [0.25, 0.3) is 5.91 Å². The summed E-state index contributed by atoms with van der Waals surface area (Å²) in [5.41, 5.74) is 16.2. The third-order valence-corrected chi connectivity index (χ3v) is 8.50. The Hall–Kier alpha value is -4.03. The first-order valence-corrected chi connectivity index (χ1v) is 15.6. The maximum atomic E-state index is 14.0. The highest BCUT2D eigenvalue weighted by Crippen LogP contribution is 2.32. The van der Waals surface area contributed by atoms with Gasteiger partial charge in [-0.1, -0.05) is 24.3 Å². The van der Waals surface area contributed by atoms with Gasteiger partial charge in [-0.2, -0.15) is 0 Å². The van der Waals surface area contributed by atoms with Crippen molar-refractivity contribution >= 4 is 40.9 Å². The first-order chi connectivity index (χ1) is 21.7. The molecular weight excluding hydrogens is 606 g/mol. The molecule has 2 amide bonds. The average molecular weight is 650 g/mol. The fourth-order valence-corrected chi connectivity index (χ4v) is 5.93. The second-order valence-corrected chi connectivity index (χ2v) is 12.2. The molecule has 0 unspecified atom stereocenters. The number of halogens is 1. The molecule has 6 N–H and O–H groups in total. The largest absolute Gasteiger partial charge is 0.478 e. The van der Waals surface area contributed by atoms with Crippen LogP contribution in [0.15, 0.2) is 65.6 Å². The number of nitrogens with two attached hydrogens (primary N) is 2. The first-order valence-electron chi connectivity index (χ1n) is 15.6. The molecule has 46 heavy (non-hydrogen) atoms. The molecule has 1 aliphatic carbocycles. The highest BCUT2D eigenvalue weighted by Gasteiger charge is 2.35. The molecule has 1 atom stereocenters. The third kappa shape index (κ3) is 8.61. The number of benzene rings is 2. The highest BCUT2D eigenvalue weighted by molar-refractivity contribution is 6.17. The van der Waals surface area contributed by atoms with Crippen LogP contribution in [-0.2, 0) is 16.0 Å². The fourth-order valence-electron chi connectivity index (χ4n) is 5.93. The molecule has 1 aliphatic rings. The van der Waals surface area contributed by atoms with Crippen LogP contribution in [0.2, 0.25) is 0 Å². The van der Waals surface area contributed by atoms with Gasteiger partial charge in [0.1, 0.15) is 0 Å². The number of ether oxygens (including phenoxy) is 1. The van der Waals surface area contributed by atoms with E-state index >= 15 is 0 Å². The van der Waals surface area contributed by atoms with Gasteiger partial charge in [-0.05, 0) is 100 Å². The lowest BCUT2D eigenvalue weighted by Gasteiger charge is -2.32. The number of fused-ring (bicyclic) bond motifs is 1. The predicted molar refractivity (Wildman–Crippen MR) is 183 cm³/mol. The lowest BCUT2D eigenvalue weighted by atomic mass is 9.81. The first kappa shape index (κ1) is 34.8. The average Bonchev–Trinajstić information content (AvgIpc) is 3.43. The van der Waals surface area contributed by atoms with Crippen LogP contribution in [0.4, 0.5) is 5.69 Å². The SMILES string of the molecule is CN(C)CCCOc1ccc(-c2cccc(C[C@H](N)C(=O)N(C(=O)C3CCC(CN)CC3)c3ccc4[nH]c(=O)[nH]c4c3)c2)cn1.Cl. The van der Waals surface area contributed by atoms with Crippen molar-refractivity contribution in [1.29, 1.82) is 0 Å². The van der Waals surface area contributed by atoms with E-state index in [2.05, 4.69) is 19.9 Å². The number of imidazole rings is 1. The van der Waals surface area contributed by atoms with Crippen LogP contribution in [0.25, 0.3) is 22.2 Å². The zero-order chi connectivity index (χ0) is 31.9. The highest BCUT2D eigenvalue weighted by atomic mass is 35.5. The topological polar surface area (TPSA) is 163 Å². The van der Waals surface area contributed by atoms with Gasteiger partial charge in [0.15, 0.2) is 0 Å². The van der Waals surface area contributed by atoms with E-state index in [1.54, 1.807) is 24.4 Å². The monoisotopic (exact) mass is 649 g/mol. The summed E-state index contributed by atoms with van der Waals surface area (Å²) in [7, 11) is 4.06. The summed E-state index contributed by atoms with van der Waals surface area (Å²) in [6, 6.07) is 15.6. The molecule has 0 radical (unpaired) electrons. The van der Waals surface area contributed by atoms with E-state index in [-0.39, 0.29) is 36.3 Å². The number of H-pyrrole nitrogens is 2. The molecule has 0 aliphatic heterocycles. The molecule has 0 spiro atoms. The molecule has 0 saturated heterocycles. The fraction of sp³-hybridized carbons (Fsp3) is 0.412. The van der Waals surface area contributed by atoms with Crippen molar-refractivity contribution in [3.63, 3.8) is 0 Å². The number of aromatic nitrogens is 3. The molecule has 2 aromatic heterocycles. The maximum absolute atomic E-state index is 14.0. The van der Waals surface area contributed by atoms with Gasteiger partial charge in [0.05, 0.1) is 29.4 Å². The van der Waals surface area contributed by atoms with Gasteiger partial charge >= 0.3 is 5.69 Å². The van der Waals surface area contributed by atoms with Gasteiger partial charge in [0, 0.05) is 30.3 Å². The van der Waals surface area contributed by atoms with E-state index in [0.717, 1.165) is 42.5 Å². The number of anilines is 1. The van der Waals surface area contributed by atoms with Gasteiger partial charge < -0.3 is 31.1 Å². The van der Waals surface area contributed by atoms with Crippen molar-refractivity contribution in [1.82, 2.24) is 19.9 Å². The van der Waals surface area contributed by atoms with Crippen LogP contribution >= 0.6 is 12.4 Å². The molecule has 1 fully saturated rings. The van der Waals surface area contributed by atoms with Crippen LogP contribution in [0, 0.1) is 11.8 Å². The third-order valence-electron chi connectivity index (χ3n) is 8.50. The summed E-state index contributed by atoms with van der Waals surface area (Å²) in [6.07, 6.45) is 5.94. The zero-order valence-corrected chi connectivity index (χ0v) is 27.2. The Kier molecular flexibility index (Phi) is 12.1. The van der Waals surface area contributed by atoms with E-state index in [0.29, 0.717) is 54.5 Å². The lowest BCUT2D eigenvalue weighted by Crippen LogP contribution is -2.50. The van der Waals surface area contributed by atoms with Crippen molar-refractivity contribution < 1.29 is 14.3 Å². The van der Waals surface area contributed by atoms with E-state index in [9.17, 15) is 14.4 Å². The Morgan fingerprint density at radius 2 is 1.76 bits per heavy atom. The minimum atomic E-state index is -0.971. The number of hydrogen-bond donors (Lipinski definition) is 4. The van der Waals surface area contributed by atoms with Crippen molar-refractivity contribution in [2.24, 2.45) is 23.3 Å². The normalized spacial score (nSPS) is 17.0. The number of imide groups is 1. The Morgan fingerprint density at radius 3 is 2.46 bits per heavy atom. The Morgan fingerprint density at radius 1 is 1.00 bits per heavy atom. The van der Waals surface area contributed by atoms with Gasteiger partial charge in [-0.15, -0.1) is 12.4 Å². The number of hydrogen-bond acceptors (Lipinski definition) is 8. The van der Waals surface area contributed by atoms with Crippen LogP contribution < -0.4 is 26.8 Å². The Balaban J connectivity index is 0.00000480. The van der Waals surface area contributed by atoms with Crippen molar-refractivity contribution in [2.45, 2.75) is 44.6 Å². The summed E-state index contributed by atoms with van der Waals surface area (Å²) < 4.78 is 5.76. The summed E-state index contributed by atoms with van der Waals surface area (Å²) >= 11 is 0. The molecule has 246 valence electrons. The summed E-state index contributed by atoms with van der Waals surface area (Å²) in [6.45, 7) is 2.13. The molecule has 1 saturated carbocycles. The van der Waals surface area contributed by atoms with Crippen molar-refractivity contribution in [2.75, 3.05) is 38.7 Å². The van der Waals surface area contributed by atoms with Crippen LogP contribution in [0.1, 0.15) is 37.7 Å². The summed E-state index contributed by atoms with van der Waals surface area (Å²) in [5.74, 6) is -0.0980. The van der Waals surface area contributed by atoms with Crippen LogP contribution in [0.5, 0.6) is 5.88 Å². The maximum Gasteiger partial charge on any atom is 0.323 e. The minimum Gasteiger partial charge on any atom is -0.478 e.